The van der Waals surface area contributed by atoms with E-state index in [0.29, 0.717) is 0 Å². The summed E-state index contributed by atoms with van der Waals surface area (Å²) in [4.78, 5) is 0. The van der Waals surface area contributed by atoms with Crippen molar-refractivity contribution in [2.75, 3.05) is 0 Å². The van der Waals surface area contributed by atoms with Crippen LogP contribution in [0.5, 0.6) is 0 Å². The van der Waals surface area contributed by atoms with Crippen LogP contribution in [0.25, 0.3) is 43.8 Å². The van der Waals surface area contributed by atoms with E-state index in [1.807, 2.05) is 0 Å². The Kier molecular flexibility index (Phi) is 11.3. The van der Waals surface area contributed by atoms with Gasteiger partial charge in [0, 0.05) is 0 Å². The van der Waals surface area contributed by atoms with Crippen molar-refractivity contribution in [1.82, 2.24) is 0 Å². The fraction of sp³-hybridized carbons (Fsp3) is 0.200. The predicted octanol–water partition coefficient (Wildman–Crippen LogP) is 10.4. The van der Waals surface area contributed by atoms with Crippen LogP contribution in [0.4, 0.5) is 0 Å². The van der Waals surface area contributed by atoms with Gasteiger partial charge in [0.15, 0.2) is 0 Å². The van der Waals surface area contributed by atoms with E-state index in [9.17, 15) is 0 Å². The standard InChI is InChI=1S/C38H38Si.2CH3.Hf/c1-5-22-39(4,31-23-29-16-12-20-35(37(29)25-31)33-18-10-8-14-27(33)6-2)32-24-30-17-13-21-36(38(30)26-32)34-19-11-9-15-28(34)7-3;;;/h8-21,23-26H,5-7,22H2,1-4H3;2*1H3;/q-2;2*-1;+4. The maximum Gasteiger partial charge on any atom is 4.00 e. The van der Waals surface area contributed by atoms with Gasteiger partial charge < -0.3 is 14.9 Å². The monoisotopic (exact) mass is 732 g/mol. The van der Waals surface area contributed by atoms with Crippen LogP contribution in [-0.4, -0.2) is 8.07 Å². The second-order valence-corrected chi connectivity index (χ2v) is 15.5. The molecule has 42 heavy (non-hydrogen) atoms. The Morgan fingerprint density at radius 2 is 0.952 bits per heavy atom. The topological polar surface area (TPSA) is 0 Å². The van der Waals surface area contributed by atoms with Crippen LogP contribution in [0.15, 0.2) is 109 Å². The second-order valence-electron chi connectivity index (χ2n) is 11.2. The SMILES string of the molecule is CCC[Si](C)(c1cc2c(-c3ccccc3CC)cccc2[cH-]1)c1cc2c(-c3ccccc3CC)cccc2[cH-]1.[CH3-].[CH3-].[Hf+4]. The Hall–Kier alpha value is -2.81. The van der Waals surface area contributed by atoms with Gasteiger partial charge >= 0.3 is 25.8 Å². The van der Waals surface area contributed by atoms with E-state index in [1.165, 1.54) is 67.4 Å². The van der Waals surface area contributed by atoms with E-state index in [0.717, 1.165) is 12.8 Å². The second kappa shape index (κ2) is 14.1. The first-order valence-corrected chi connectivity index (χ1v) is 17.3. The van der Waals surface area contributed by atoms with Crippen LogP contribution in [0.2, 0.25) is 12.6 Å². The van der Waals surface area contributed by atoms with Crippen molar-refractivity contribution in [3.8, 4) is 22.3 Å². The van der Waals surface area contributed by atoms with E-state index >= 15 is 0 Å². The van der Waals surface area contributed by atoms with Crippen molar-refractivity contribution in [2.24, 2.45) is 0 Å². The maximum absolute atomic E-state index is 2.60. The van der Waals surface area contributed by atoms with Crippen LogP contribution in [0.1, 0.15) is 38.3 Å². The molecule has 2 heteroatoms. The number of hydrogen-bond acceptors (Lipinski definition) is 0. The Balaban J connectivity index is 0.00000161. The molecule has 0 nitrogen and oxygen atoms in total. The largest absolute Gasteiger partial charge is 4.00 e. The molecular formula is C40H44HfSi. The molecule has 0 saturated carbocycles. The molecular weight excluding hydrogens is 687 g/mol. The fourth-order valence-corrected chi connectivity index (χ4v) is 10.5. The van der Waals surface area contributed by atoms with Crippen molar-refractivity contribution in [3.63, 3.8) is 0 Å². The summed E-state index contributed by atoms with van der Waals surface area (Å²) in [6.45, 7) is 9.46. The van der Waals surface area contributed by atoms with Gasteiger partial charge in [0.2, 0.25) is 0 Å². The van der Waals surface area contributed by atoms with Crippen molar-refractivity contribution in [1.29, 1.82) is 0 Å². The normalized spacial score (nSPS) is 11.1. The van der Waals surface area contributed by atoms with Gasteiger partial charge in [0.25, 0.3) is 0 Å². The molecule has 0 heterocycles. The van der Waals surface area contributed by atoms with Gasteiger partial charge in [0.1, 0.15) is 0 Å². The van der Waals surface area contributed by atoms with Crippen molar-refractivity contribution in [3.05, 3.63) is 135 Å². The zero-order valence-electron chi connectivity index (χ0n) is 26.2. The molecule has 0 aliphatic carbocycles. The summed E-state index contributed by atoms with van der Waals surface area (Å²) in [6, 6.07) is 42.9. The van der Waals surface area contributed by atoms with Crippen LogP contribution >= 0.6 is 0 Å². The Labute approximate surface area is 274 Å². The fourth-order valence-electron chi connectivity index (χ4n) is 6.71. The predicted molar refractivity (Wildman–Crippen MR) is 188 cm³/mol. The molecule has 0 saturated heterocycles. The summed E-state index contributed by atoms with van der Waals surface area (Å²) in [5.41, 5.74) is 8.33. The first-order chi connectivity index (χ1) is 19.1. The number of fused-ring (bicyclic) bond motifs is 2. The van der Waals surface area contributed by atoms with Gasteiger partial charge in [-0.25, -0.2) is 0 Å². The number of rotatable bonds is 8. The van der Waals surface area contributed by atoms with Gasteiger partial charge in [0.05, 0.1) is 8.07 Å². The van der Waals surface area contributed by atoms with Crippen LogP contribution in [0, 0.1) is 14.9 Å². The van der Waals surface area contributed by atoms with Crippen molar-refractivity contribution in [2.45, 2.75) is 52.6 Å². The number of aryl methyl sites for hydroxylation is 2. The average Bonchev–Trinajstić information content (AvgIpc) is 3.63. The summed E-state index contributed by atoms with van der Waals surface area (Å²) in [5, 5.41) is 8.67. The number of hydrogen-bond donors (Lipinski definition) is 0. The van der Waals surface area contributed by atoms with E-state index < -0.39 is 8.07 Å². The summed E-state index contributed by atoms with van der Waals surface area (Å²) in [5.74, 6) is 0. The molecule has 0 spiro atoms. The molecule has 0 atom stereocenters. The molecule has 6 rings (SSSR count). The molecule has 0 aliphatic heterocycles. The molecule has 0 fully saturated rings. The third kappa shape index (κ3) is 5.86. The van der Waals surface area contributed by atoms with Crippen molar-refractivity contribution >= 4 is 40.0 Å². The molecule has 6 aromatic carbocycles. The van der Waals surface area contributed by atoms with E-state index in [1.54, 1.807) is 10.4 Å². The minimum Gasteiger partial charge on any atom is -0.358 e. The van der Waals surface area contributed by atoms with E-state index in [4.69, 9.17) is 0 Å². The third-order valence-electron chi connectivity index (χ3n) is 8.90. The molecule has 0 bridgehead atoms. The van der Waals surface area contributed by atoms with Crippen LogP contribution in [0.3, 0.4) is 0 Å². The first-order valence-electron chi connectivity index (χ1n) is 14.6. The molecule has 6 aromatic rings. The Morgan fingerprint density at radius 1 is 0.548 bits per heavy atom. The summed E-state index contributed by atoms with van der Waals surface area (Å²) in [6.07, 6.45) is 3.29. The third-order valence-corrected chi connectivity index (χ3v) is 13.5. The Morgan fingerprint density at radius 3 is 1.36 bits per heavy atom. The zero-order valence-corrected chi connectivity index (χ0v) is 30.8. The number of benzene rings is 4. The summed E-state index contributed by atoms with van der Waals surface area (Å²) in [7, 11) is -1.96. The first kappa shape index (κ1) is 33.7. The molecule has 0 aliphatic rings. The minimum absolute atomic E-state index is 0. The van der Waals surface area contributed by atoms with Crippen molar-refractivity contribution < 1.29 is 25.8 Å². The quantitative estimate of drug-likeness (QED) is 0.108. The average molecular weight is 731 g/mol. The van der Waals surface area contributed by atoms with E-state index in [2.05, 4.69) is 137 Å². The summed E-state index contributed by atoms with van der Waals surface area (Å²) >= 11 is 0. The van der Waals surface area contributed by atoms with Gasteiger partial charge in [-0.2, -0.15) is 12.1 Å². The molecule has 0 aromatic heterocycles. The molecule has 212 valence electrons. The van der Waals surface area contributed by atoms with Gasteiger partial charge in [-0.3, -0.25) is 0 Å². The molecule has 0 unspecified atom stereocenters. The zero-order chi connectivity index (χ0) is 27.0. The van der Waals surface area contributed by atoms with E-state index in [-0.39, 0.29) is 40.7 Å². The molecule has 0 N–H and O–H groups in total. The van der Waals surface area contributed by atoms with Crippen LogP contribution < -0.4 is 10.4 Å². The molecule has 0 amide bonds. The van der Waals surface area contributed by atoms with Gasteiger partial charge in [-0.1, -0.05) is 112 Å². The Bertz CT molecular complexity index is 1640. The van der Waals surface area contributed by atoms with Crippen LogP contribution in [-0.2, 0) is 38.7 Å². The smallest absolute Gasteiger partial charge is 0.358 e. The van der Waals surface area contributed by atoms with Gasteiger partial charge in [-0.15, -0.1) is 68.3 Å². The summed E-state index contributed by atoms with van der Waals surface area (Å²) < 4.78 is 0. The maximum atomic E-state index is 2.60. The molecule has 0 radical (unpaired) electrons. The van der Waals surface area contributed by atoms with Gasteiger partial charge in [-0.05, 0) is 35.1 Å². The minimum atomic E-state index is -1.96.